The molecule has 6 heteroatoms. The van der Waals surface area contributed by atoms with Crippen molar-refractivity contribution >= 4 is 41.3 Å². The van der Waals surface area contributed by atoms with Gasteiger partial charge >= 0.3 is 0 Å². The van der Waals surface area contributed by atoms with Crippen LogP contribution in [0.25, 0.3) is 0 Å². The van der Waals surface area contributed by atoms with Gasteiger partial charge in [0.25, 0.3) is 0 Å². The van der Waals surface area contributed by atoms with Crippen LogP contribution in [0.15, 0.2) is 46.8 Å². The van der Waals surface area contributed by atoms with Crippen molar-refractivity contribution < 1.29 is 5.11 Å². The molecule has 1 atom stereocenters. The number of aliphatic imine (C=N–C) groups is 1. The van der Waals surface area contributed by atoms with Gasteiger partial charge in [-0.05, 0) is 37.3 Å². The number of aliphatic hydroxyl groups excluding tert-OH is 1. The van der Waals surface area contributed by atoms with Crippen LogP contribution in [0.4, 0.5) is 0 Å². The summed E-state index contributed by atoms with van der Waals surface area (Å²) in [6.45, 7) is 6.15. The van der Waals surface area contributed by atoms with Gasteiger partial charge in [0.2, 0.25) is 0 Å². The molecule has 0 amide bonds. The summed E-state index contributed by atoms with van der Waals surface area (Å²) < 4.78 is 0. The topological polar surface area (TPSA) is 47.9 Å². The molecule has 0 radical (unpaired) electrons. The van der Waals surface area contributed by atoms with Crippen LogP contribution in [0.2, 0.25) is 0 Å². The third-order valence-electron chi connectivity index (χ3n) is 3.81. The van der Waals surface area contributed by atoms with E-state index in [-0.39, 0.29) is 24.0 Å². The van der Waals surface area contributed by atoms with Crippen LogP contribution in [0.5, 0.6) is 0 Å². The molecular formula is C19H28IN3OS. The van der Waals surface area contributed by atoms with Gasteiger partial charge in [0.1, 0.15) is 0 Å². The summed E-state index contributed by atoms with van der Waals surface area (Å²) in [6, 6.07) is 12.2. The predicted molar refractivity (Wildman–Crippen MR) is 118 cm³/mol. The first kappa shape index (κ1) is 21.9. The molecule has 0 spiro atoms. The predicted octanol–water partition coefficient (Wildman–Crippen LogP) is 3.85. The summed E-state index contributed by atoms with van der Waals surface area (Å²) in [6.07, 6.45) is 0.420. The minimum Gasteiger partial charge on any atom is -0.386 e. The highest BCUT2D eigenvalue weighted by molar-refractivity contribution is 14.0. The Balaban J connectivity index is 0.00000312. The van der Waals surface area contributed by atoms with Crippen LogP contribution in [0.3, 0.4) is 0 Å². The second kappa shape index (κ2) is 11.5. The van der Waals surface area contributed by atoms with Gasteiger partial charge in [0, 0.05) is 25.0 Å². The first-order valence-electron chi connectivity index (χ1n) is 8.36. The molecule has 0 aliphatic rings. The zero-order valence-corrected chi connectivity index (χ0v) is 18.3. The van der Waals surface area contributed by atoms with Crippen molar-refractivity contribution in [3.05, 3.63) is 57.8 Å². The van der Waals surface area contributed by atoms with Gasteiger partial charge in [-0.1, -0.05) is 35.9 Å². The number of nitrogens with zero attached hydrogens (tertiary/aromatic N) is 2. The fraction of sp³-hybridized carbons (Fsp3) is 0.421. The van der Waals surface area contributed by atoms with Gasteiger partial charge in [-0.3, -0.25) is 4.99 Å². The first-order chi connectivity index (χ1) is 11.6. The highest BCUT2D eigenvalue weighted by Crippen LogP contribution is 2.15. The van der Waals surface area contributed by atoms with E-state index in [1.807, 2.05) is 38.2 Å². The smallest absolute Gasteiger partial charge is 0.193 e. The van der Waals surface area contributed by atoms with E-state index in [1.54, 1.807) is 11.3 Å². The maximum Gasteiger partial charge on any atom is 0.193 e. The van der Waals surface area contributed by atoms with Gasteiger partial charge in [0.05, 0.1) is 12.6 Å². The molecule has 2 N–H and O–H groups in total. The molecule has 25 heavy (non-hydrogen) atoms. The highest BCUT2D eigenvalue weighted by atomic mass is 127. The zero-order chi connectivity index (χ0) is 17.4. The zero-order valence-electron chi connectivity index (χ0n) is 15.1. The third kappa shape index (κ3) is 7.33. The van der Waals surface area contributed by atoms with Crippen molar-refractivity contribution in [3.63, 3.8) is 0 Å². The summed E-state index contributed by atoms with van der Waals surface area (Å²) in [7, 11) is 2.04. The molecular weight excluding hydrogens is 445 g/mol. The number of hydrogen-bond donors (Lipinski definition) is 2. The van der Waals surface area contributed by atoms with Crippen molar-refractivity contribution in [3.8, 4) is 0 Å². The van der Waals surface area contributed by atoms with Crippen molar-refractivity contribution in [1.82, 2.24) is 10.2 Å². The Morgan fingerprint density at radius 3 is 2.76 bits per heavy atom. The van der Waals surface area contributed by atoms with E-state index in [0.717, 1.165) is 36.6 Å². The molecule has 0 bridgehead atoms. The van der Waals surface area contributed by atoms with Gasteiger partial charge in [-0.25, -0.2) is 0 Å². The maximum atomic E-state index is 10.4. The fourth-order valence-electron chi connectivity index (χ4n) is 2.46. The molecule has 1 unspecified atom stereocenters. The van der Waals surface area contributed by atoms with Crippen molar-refractivity contribution in [1.29, 1.82) is 0 Å². The Morgan fingerprint density at radius 2 is 2.12 bits per heavy atom. The third-order valence-corrected chi connectivity index (χ3v) is 4.75. The number of likely N-dealkylation sites (N-methyl/N-ethyl adjacent to an activating group) is 1. The number of aliphatic hydroxyl groups is 1. The minimum atomic E-state index is -0.579. The Kier molecular flexibility index (Phi) is 10.1. The Bertz CT molecular complexity index is 646. The monoisotopic (exact) mass is 473 g/mol. The molecule has 2 aromatic rings. The summed E-state index contributed by atoms with van der Waals surface area (Å²) in [5, 5.41) is 15.8. The van der Waals surface area contributed by atoms with E-state index in [9.17, 15) is 5.11 Å². The van der Waals surface area contributed by atoms with Crippen molar-refractivity contribution in [2.24, 2.45) is 4.99 Å². The molecule has 0 saturated heterocycles. The molecule has 0 aliphatic heterocycles. The fourth-order valence-corrected chi connectivity index (χ4v) is 3.16. The molecule has 0 aliphatic carbocycles. The van der Waals surface area contributed by atoms with E-state index in [1.165, 1.54) is 4.88 Å². The van der Waals surface area contributed by atoms with Crippen LogP contribution in [0.1, 0.15) is 29.0 Å². The van der Waals surface area contributed by atoms with E-state index in [0.29, 0.717) is 6.54 Å². The quantitative estimate of drug-likeness (QED) is 0.365. The van der Waals surface area contributed by atoms with Crippen LogP contribution >= 0.6 is 35.3 Å². The molecule has 1 heterocycles. The Hall–Kier alpha value is -1.12. The number of rotatable bonds is 7. The molecule has 0 saturated carbocycles. The number of thiophene rings is 1. The van der Waals surface area contributed by atoms with E-state index >= 15 is 0 Å². The lowest BCUT2D eigenvalue weighted by atomic mass is 10.1. The Labute approximate surface area is 172 Å². The summed E-state index contributed by atoms with van der Waals surface area (Å²) in [5.74, 6) is 0.834. The summed E-state index contributed by atoms with van der Waals surface area (Å²) >= 11 is 1.78. The molecule has 2 rings (SSSR count). The van der Waals surface area contributed by atoms with E-state index in [4.69, 9.17) is 0 Å². The SMILES string of the molecule is CCNC(=NCC(O)c1cccc(C)c1)N(C)CCc1cccs1.I. The summed E-state index contributed by atoms with van der Waals surface area (Å²) in [5.41, 5.74) is 2.06. The van der Waals surface area contributed by atoms with Crippen LogP contribution in [-0.2, 0) is 6.42 Å². The Morgan fingerprint density at radius 1 is 1.32 bits per heavy atom. The lowest BCUT2D eigenvalue weighted by Gasteiger charge is -2.22. The van der Waals surface area contributed by atoms with Crippen LogP contribution in [0, 0.1) is 6.92 Å². The highest BCUT2D eigenvalue weighted by Gasteiger charge is 2.10. The van der Waals surface area contributed by atoms with Gasteiger partial charge in [0.15, 0.2) is 5.96 Å². The second-order valence-corrected chi connectivity index (χ2v) is 6.91. The summed E-state index contributed by atoms with van der Waals surface area (Å²) in [4.78, 5) is 8.09. The van der Waals surface area contributed by atoms with E-state index < -0.39 is 6.10 Å². The van der Waals surface area contributed by atoms with Gasteiger partial charge < -0.3 is 15.3 Å². The van der Waals surface area contributed by atoms with Crippen molar-refractivity contribution in [2.75, 3.05) is 26.7 Å². The minimum absolute atomic E-state index is 0. The molecule has 1 aromatic heterocycles. The van der Waals surface area contributed by atoms with E-state index in [2.05, 4.69) is 39.6 Å². The number of halogens is 1. The normalized spacial score (nSPS) is 12.4. The average molecular weight is 473 g/mol. The lowest BCUT2D eigenvalue weighted by Crippen LogP contribution is -2.40. The van der Waals surface area contributed by atoms with Crippen LogP contribution < -0.4 is 5.32 Å². The standard InChI is InChI=1S/C19H27N3OS.HI/c1-4-20-19(22(3)11-10-17-9-6-12-24-17)21-14-18(23)16-8-5-7-15(2)13-16;/h5-9,12-13,18,23H,4,10-11,14H2,1-3H3,(H,20,21);1H. The number of nitrogens with one attached hydrogen (secondary N) is 1. The van der Waals surface area contributed by atoms with Gasteiger partial charge in [-0.15, -0.1) is 35.3 Å². The number of hydrogen-bond acceptors (Lipinski definition) is 3. The number of aryl methyl sites for hydroxylation is 1. The lowest BCUT2D eigenvalue weighted by molar-refractivity contribution is 0.186. The largest absolute Gasteiger partial charge is 0.386 e. The second-order valence-electron chi connectivity index (χ2n) is 5.88. The van der Waals surface area contributed by atoms with Crippen LogP contribution in [-0.4, -0.2) is 42.6 Å². The molecule has 4 nitrogen and oxygen atoms in total. The molecule has 1 aromatic carbocycles. The van der Waals surface area contributed by atoms with Gasteiger partial charge in [-0.2, -0.15) is 0 Å². The average Bonchev–Trinajstić information content (AvgIpc) is 3.09. The maximum absolute atomic E-state index is 10.4. The first-order valence-corrected chi connectivity index (χ1v) is 9.24. The number of benzene rings is 1. The molecule has 138 valence electrons. The van der Waals surface area contributed by atoms with Crippen molar-refractivity contribution in [2.45, 2.75) is 26.4 Å². The molecule has 0 fully saturated rings. The number of guanidine groups is 1.